The van der Waals surface area contributed by atoms with E-state index in [0.29, 0.717) is 17.8 Å². The van der Waals surface area contributed by atoms with Gasteiger partial charge in [-0.2, -0.15) is 0 Å². The van der Waals surface area contributed by atoms with Crippen LogP contribution in [0.25, 0.3) is 133 Å². The number of aromatic nitrogens is 7. The Labute approximate surface area is 468 Å². The first-order valence-corrected chi connectivity index (χ1v) is 29.1. The summed E-state index contributed by atoms with van der Waals surface area (Å²) in [6.07, 6.45) is 8.76. The normalized spacial score (nSPS) is 18.9. The minimum Gasteiger partial charge on any atom is -0.309 e. The molecule has 0 aliphatic heterocycles. The van der Waals surface area contributed by atoms with Crippen LogP contribution in [0.1, 0.15) is 50.8 Å². The Hall–Kier alpha value is -9.59. The van der Waals surface area contributed by atoms with Crippen molar-refractivity contribution in [1.82, 2.24) is 33.2 Å². The van der Waals surface area contributed by atoms with Gasteiger partial charge in [0.05, 0.1) is 55.5 Å². The molecule has 19 rings (SSSR count). The number of hydrogen-bond donors (Lipinski definition) is 0. The van der Waals surface area contributed by atoms with Crippen LogP contribution in [-0.4, -0.2) is 33.2 Å². The maximum atomic E-state index is 5.82. The van der Waals surface area contributed by atoms with Gasteiger partial charge in [0.15, 0.2) is 11.6 Å². The van der Waals surface area contributed by atoms with E-state index in [1.165, 1.54) is 90.8 Å². The van der Waals surface area contributed by atoms with Gasteiger partial charge in [-0.1, -0.05) is 146 Å². The summed E-state index contributed by atoms with van der Waals surface area (Å²) in [5.41, 5.74) is 15.6. The molecule has 10 aromatic carbocycles. The monoisotopic (exact) mass is 1040 g/mol. The Morgan fingerprint density at radius 3 is 1.02 bits per heavy atom. The molecule has 386 valence electrons. The van der Waals surface area contributed by atoms with Crippen LogP contribution in [0.3, 0.4) is 0 Å². The molecule has 5 heterocycles. The van der Waals surface area contributed by atoms with Crippen molar-refractivity contribution in [3.63, 3.8) is 0 Å². The number of para-hydroxylation sites is 8. The van der Waals surface area contributed by atoms with Gasteiger partial charge in [0, 0.05) is 71.0 Å². The maximum absolute atomic E-state index is 5.82. The zero-order valence-corrected chi connectivity index (χ0v) is 44.8. The van der Waals surface area contributed by atoms with Crippen molar-refractivity contribution in [2.24, 2.45) is 17.8 Å². The number of rotatable bonds is 7. The van der Waals surface area contributed by atoms with Crippen LogP contribution in [0.5, 0.6) is 0 Å². The van der Waals surface area contributed by atoms with E-state index in [-0.39, 0.29) is 5.41 Å². The van der Waals surface area contributed by atoms with Crippen LogP contribution in [0.2, 0.25) is 0 Å². The van der Waals surface area contributed by atoms with Gasteiger partial charge >= 0.3 is 0 Å². The lowest BCUT2D eigenvalue weighted by Crippen LogP contribution is -2.42. The number of hydrogen-bond acceptors (Lipinski definition) is 3. The van der Waals surface area contributed by atoms with Gasteiger partial charge in [0.25, 0.3) is 0 Å². The second kappa shape index (κ2) is 17.2. The highest BCUT2D eigenvalue weighted by Gasteiger charge is 2.51. The van der Waals surface area contributed by atoms with Crippen LogP contribution in [-0.2, 0) is 5.41 Å². The van der Waals surface area contributed by atoms with E-state index in [4.69, 9.17) is 15.0 Å². The third-order valence-corrected chi connectivity index (χ3v) is 19.2. The topological polar surface area (TPSA) is 58.4 Å². The molecule has 0 radical (unpaired) electrons. The zero-order chi connectivity index (χ0) is 52.9. The standard InChI is InChI=1S/C74H55N7/c1-9-25-61-51(17-1)52-18-2-10-26-62(52)78(61)49-35-37-69-59(41-49)55-21-5-13-29-65(55)80(69)67-31-15-7-23-57(67)71-75-72(77-73(76-71)74-43-46-33-34-47(44-74)40-48(39-46)45-74)58-24-8-16-32-68(58)81-66-30-14-6-22-56(66)60-42-50(36-38-70(60)81)79-63-27-11-3-19-53(63)54-20-4-12-28-64(54)79/h1-32,35-38,41-42,46-48H,33-34,39-40,43-45H2. The molecule has 4 bridgehead atoms. The van der Waals surface area contributed by atoms with Crippen molar-refractivity contribution in [1.29, 1.82) is 0 Å². The van der Waals surface area contributed by atoms with Crippen LogP contribution < -0.4 is 0 Å². The molecule has 7 nitrogen and oxygen atoms in total. The quantitative estimate of drug-likeness (QED) is 0.160. The first-order valence-electron chi connectivity index (χ1n) is 29.1. The van der Waals surface area contributed by atoms with Crippen LogP contribution in [0.4, 0.5) is 0 Å². The first-order chi connectivity index (χ1) is 40.1. The summed E-state index contributed by atoms with van der Waals surface area (Å²) in [4.78, 5) is 17.4. The third-order valence-electron chi connectivity index (χ3n) is 19.2. The second-order valence-corrected chi connectivity index (χ2v) is 23.7. The Morgan fingerprint density at radius 2 is 0.617 bits per heavy atom. The van der Waals surface area contributed by atoms with Crippen LogP contribution in [0.15, 0.2) is 231 Å². The first kappa shape index (κ1) is 45.3. The summed E-state index contributed by atoms with van der Waals surface area (Å²) < 4.78 is 9.75. The molecule has 0 saturated heterocycles. The van der Waals surface area contributed by atoms with E-state index in [9.17, 15) is 0 Å². The smallest absolute Gasteiger partial charge is 0.165 e. The molecule has 81 heavy (non-hydrogen) atoms. The Kier molecular flexibility index (Phi) is 9.62. The summed E-state index contributed by atoms with van der Waals surface area (Å²) in [6, 6.07) is 84.5. The Bertz CT molecular complexity index is 4690. The predicted octanol–water partition coefficient (Wildman–Crippen LogP) is 18.5. The molecule has 7 heteroatoms. The fraction of sp³-hybridized carbons (Fsp3) is 0.149. The van der Waals surface area contributed by atoms with Gasteiger partial charge in [-0.3, -0.25) is 0 Å². The van der Waals surface area contributed by atoms with Crippen molar-refractivity contribution < 1.29 is 0 Å². The predicted molar refractivity (Wildman–Crippen MR) is 333 cm³/mol. The number of benzene rings is 10. The summed E-state index contributed by atoms with van der Waals surface area (Å²) in [6.45, 7) is 0. The molecule has 0 amide bonds. The van der Waals surface area contributed by atoms with Gasteiger partial charge in [0.2, 0.25) is 0 Å². The molecule has 0 N–H and O–H groups in total. The van der Waals surface area contributed by atoms with Gasteiger partial charge in [-0.05, 0) is 147 Å². The molecule has 5 aromatic heterocycles. The molecule has 4 fully saturated rings. The Balaban J connectivity index is 0.842. The van der Waals surface area contributed by atoms with Crippen LogP contribution >= 0.6 is 0 Å². The molecule has 15 aromatic rings. The minimum absolute atomic E-state index is 0.102. The van der Waals surface area contributed by atoms with Crippen molar-refractivity contribution >= 4 is 87.2 Å². The minimum atomic E-state index is -0.102. The zero-order valence-electron chi connectivity index (χ0n) is 44.8. The summed E-state index contributed by atoms with van der Waals surface area (Å²) in [7, 11) is 0. The molecular formula is C74H55N7. The molecule has 2 unspecified atom stereocenters. The lowest BCUT2D eigenvalue weighted by Gasteiger charge is -2.47. The lowest BCUT2D eigenvalue weighted by molar-refractivity contribution is 0.0918. The average Bonchev–Trinajstić information content (AvgIpc) is 4.26. The summed E-state index contributed by atoms with van der Waals surface area (Å²) in [5, 5.41) is 9.83. The molecule has 2 atom stereocenters. The molecule has 0 spiro atoms. The number of fused-ring (bicyclic) bond motifs is 13. The second-order valence-electron chi connectivity index (χ2n) is 23.7. The van der Waals surface area contributed by atoms with E-state index in [1.807, 2.05) is 0 Å². The van der Waals surface area contributed by atoms with Crippen molar-refractivity contribution in [3.05, 3.63) is 236 Å². The largest absolute Gasteiger partial charge is 0.309 e. The Morgan fingerprint density at radius 1 is 0.296 bits per heavy atom. The highest BCUT2D eigenvalue weighted by molar-refractivity contribution is 6.14. The van der Waals surface area contributed by atoms with E-state index >= 15 is 0 Å². The van der Waals surface area contributed by atoms with Gasteiger partial charge < -0.3 is 18.3 Å². The number of nitrogens with zero attached hydrogens (tertiary/aromatic N) is 7. The highest BCUT2D eigenvalue weighted by atomic mass is 15.1. The van der Waals surface area contributed by atoms with Gasteiger partial charge in [-0.15, -0.1) is 0 Å². The third kappa shape index (κ3) is 6.66. The van der Waals surface area contributed by atoms with E-state index in [0.717, 1.165) is 92.7 Å². The van der Waals surface area contributed by atoms with E-state index < -0.39 is 0 Å². The SMILES string of the molecule is c1ccc(-n2c3ccccc3c3cc(-n4c5ccccc5c5ccccc54)ccc32)c(-c2nc(-c3ccccc3-n3c4ccccc4c4cc(-n5c6ccccc6c6ccccc65)ccc43)nc(C34CC5CCC(CC(C5)C3)C4)n2)c1. The average molecular weight is 1040 g/mol. The van der Waals surface area contributed by atoms with Gasteiger partial charge in [-0.25, -0.2) is 15.0 Å². The lowest BCUT2D eigenvalue weighted by atomic mass is 9.58. The van der Waals surface area contributed by atoms with Gasteiger partial charge in [0.1, 0.15) is 5.82 Å². The highest BCUT2D eigenvalue weighted by Crippen LogP contribution is 2.58. The van der Waals surface area contributed by atoms with E-state index in [2.05, 4.69) is 249 Å². The summed E-state index contributed by atoms with van der Waals surface area (Å²) >= 11 is 0. The molecular weight excluding hydrogens is 987 g/mol. The fourth-order valence-electron chi connectivity index (χ4n) is 16.2. The maximum Gasteiger partial charge on any atom is 0.165 e. The molecule has 4 aliphatic rings. The van der Waals surface area contributed by atoms with Crippen molar-refractivity contribution in [3.8, 4) is 45.5 Å². The fourth-order valence-corrected chi connectivity index (χ4v) is 16.2. The van der Waals surface area contributed by atoms with Crippen molar-refractivity contribution in [2.75, 3.05) is 0 Å². The van der Waals surface area contributed by atoms with Crippen molar-refractivity contribution in [2.45, 2.75) is 50.4 Å². The van der Waals surface area contributed by atoms with Crippen LogP contribution in [0, 0.1) is 17.8 Å². The summed E-state index contributed by atoms with van der Waals surface area (Å²) in [5.74, 6) is 4.54. The van der Waals surface area contributed by atoms with E-state index in [1.54, 1.807) is 0 Å². The molecule has 4 saturated carbocycles. The molecule has 4 aliphatic carbocycles.